The van der Waals surface area contributed by atoms with Crippen molar-refractivity contribution in [3.05, 3.63) is 69.9 Å². The summed E-state index contributed by atoms with van der Waals surface area (Å²) >= 11 is 2.18. The van der Waals surface area contributed by atoms with Gasteiger partial charge in [0.05, 0.1) is 0 Å². The van der Waals surface area contributed by atoms with Crippen LogP contribution in [0.15, 0.2) is 60.8 Å². The Labute approximate surface area is 162 Å². The minimum Gasteiger partial charge on any atom is -0.340 e. The lowest BCUT2D eigenvalue weighted by Gasteiger charge is -2.20. The number of benzene rings is 2. The van der Waals surface area contributed by atoms with Gasteiger partial charge in [0, 0.05) is 28.2 Å². The predicted molar refractivity (Wildman–Crippen MR) is 104 cm³/mol. The molecule has 0 atom stereocenters. The van der Waals surface area contributed by atoms with Gasteiger partial charge in [-0.1, -0.05) is 18.2 Å². The fourth-order valence-corrected chi connectivity index (χ4v) is 2.63. The van der Waals surface area contributed by atoms with E-state index in [4.69, 9.17) is 0 Å². The number of para-hydroxylation sites is 1. The van der Waals surface area contributed by atoms with Crippen LogP contribution in [0.4, 0.5) is 36.3 Å². The van der Waals surface area contributed by atoms with Crippen LogP contribution in [0.2, 0.25) is 0 Å². The monoisotopic (exact) mass is 470 g/mol. The molecule has 0 radical (unpaired) electrons. The predicted octanol–water partition coefficient (Wildman–Crippen LogP) is 5.61. The number of nitrogens with one attached hydrogen (secondary N) is 1. The fraction of sp³-hybridized carbons (Fsp3) is 0.111. The molecule has 0 spiro atoms. The molecule has 0 saturated carbocycles. The summed E-state index contributed by atoms with van der Waals surface area (Å²) in [6.07, 6.45) is -3.76. The number of nitrogens with zero attached hydrogens (tertiary/aromatic N) is 3. The molecule has 3 aromatic rings. The number of hydrogen-bond donors (Lipinski definition) is 1. The molecule has 8 heteroatoms. The first-order valence-corrected chi connectivity index (χ1v) is 8.68. The van der Waals surface area contributed by atoms with E-state index < -0.39 is 11.7 Å². The molecule has 0 amide bonds. The standard InChI is InChI=1S/C18H14F3IN4/c1-26(14-9-7-12(22)8-10-14)17-23-11-15(18(19,20)21)16(25-17)24-13-5-3-2-4-6-13/h2-11H,1H3,(H,23,24,25). The van der Waals surface area contributed by atoms with E-state index in [1.807, 2.05) is 24.3 Å². The molecule has 1 N–H and O–H groups in total. The normalized spacial score (nSPS) is 11.3. The zero-order valence-corrected chi connectivity index (χ0v) is 15.8. The fourth-order valence-electron chi connectivity index (χ4n) is 2.28. The van der Waals surface area contributed by atoms with Crippen molar-refractivity contribution >= 4 is 45.7 Å². The smallest absolute Gasteiger partial charge is 0.340 e. The first kappa shape index (κ1) is 18.4. The second-order valence-corrected chi connectivity index (χ2v) is 6.70. The highest BCUT2D eigenvalue weighted by Gasteiger charge is 2.35. The Kier molecular flexibility index (Phi) is 5.30. The van der Waals surface area contributed by atoms with Crippen LogP contribution in [0.5, 0.6) is 0 Å². The number of anilines is 4. The molecule has 2 aromatic carbocycles. The lowest BCUT2D eigenvalue weighted by atomic mass is 10.2. The summed E-state index contributed by atoms with van der Waals surface area (Å²) in [7, 11) is 1.71. The molecular weight excluding hydrogens is 456 g/mol. The average molecular weight is 470 g/mol. The molecule has 134 valence electrons. The third kappa shape index (κ3) is 4.24. The molecule has 4 nitrogen and oxygen atoms in total. The van der Waals surface area contributed by atoms with E-state index in [0.717, 1.165) is 15.5 Å². The van der Waals surface area contributed by atoms with Crippen LogP contribution >= 0.6 is 22.6 Å². The van der Waals surface area contributed by atoms with Crippen LogP contribution in [-0.2, 0) is 6.18 Å². The molecule has 0 fully saturated rings. The van der Waals surface area contributed by atoms with Crippen molar-refractivity contribution in [2.24, 2.45) is 0 Å². The molecule has 1 heterocycles. The van der Waals surface area contributed by atoms with Crippen LogP contribution < -0.4 is 10.2 Å². The van der Waals surface area contributed by atoms with Crippen LogP contribution in [0.1, 0.15) is 5.56 Å². The molecule has 0 unspecified atom stereocenters. The summed E-state index contributed by atoms with van der Waals surface area (Å²) in [5.74, 6) is -0.122. The van der Waals surface area contributed by atoms with Crippen molar-refractivity contribution in [1.82, 2.24) is 9.97 Å². The van der Waals surface area contributed by atoms with Crippen molar-refractivity contribution in [2.45, 2.75) is 6.18 Å². The summed E-state index contributed by atoms with van der Waals surface area (Å²) < 4.78 is 41.0. The number of rotatable bonds is 4. The van der Waals surface area contributed by atoms with Gasteiger partial charge in [-0.2, -0.15) is 18.2 Å². The van der Waals surface area contributed by atoms with Gasteiger partial charge in [-0.3, -0.25) is 0 Å². The Morgan fingerprint density at radius 3 is 2.27 bits per heavy atom. The minimum atomic E-state index is -4.56. The maximum Gasteiger partial charge on any atom is 0.421 e. The van der Waals surface area contributed by atoms with Crippen molar-refractivity contribution in [2.75, 3.05) is 17.3 Å². The Balaban J connectivity index is 2.00. The largest absolute Gasteiger partial charge is 0.421 e. The SMILES string of the molecule is CN(c1ccc(I)cc1)c1ncc(C(F)(F)F)c(Nc2ccccc2)n1. The molecule has 0 aliphatic heterocycles. The van der Waals surface area contributed by atoms with Gasteiger partial charge in [0.2, 0.25) is 5.95 Å². The van der Waals surface area contributed by atoms with Crippen LogP contribution in [0, 0.1) is 3.57 Å². The van der Waals surface area contributed by atoms with Gasteiger partial charge in [-0.05, 0) is 59.0 Å². The number of halogens is 4. The summed E-state index contributed by atoms with van der Waals surface area (Å²) in [5.41, 5.74) is 0.372. The lowest BCUT2D eigenvalue weighted by Crippen LogP contribution is -2.17. The van der Waals surface area contributed by atoms with Crippen LogP contribution in [0.3, 0.4) is 0 Å². The van der Waals surface area contributed by atoms with Gasteiger partial charge in [0.15, 0.2) is 0 Å². The molecule has 0 saturated heterocycles. The van der Waals surface area contributed by atoms with Crippen molar-refractivity contribution < 1.29 is 13.2 Å². The number of alkyl halides is 3. The first-order chi connectivity index (χ1) is 12.3. The Morgan fingerprint density at radius 1 is 1.00 bits per heavy atom. The maximum atomic E-state index is 13.3. The second-order valence-electron chi connectivity index (χ2n) is 5.46. The second kappa shape index (κ2) is 7.48. The van der Waals surface area contributed by atoms with Crippen LogP contribution in [0.25, 0.3) is 0 Å². The van der Waals surface area contributed by atoms with Gasteiger partial charge in [0.1, 0.15) is 11.4 Å². The summed E-state index contributed by atoms with van der Waals surface area (Å²) in [4.78, 5) is 9.65. The van der Waals surface area contributed by atoms with E-state index in [0.29, 0.717) is 5.69 Å². The Bertz CT molecular complexity index is 883. The molecule has 3 rings (SSSR count). The van der Waals surface area contributed by atoms with Gasteiger partial charge in [-0.25, -0.2) is 4.98 Å². The average Bonchev–Trinajstić information content (AvgIpc) is 2.61. The quantitative estimate of drug-likeness (QED) is 0.504. The van der Waals surface area contributed by atoms with E-state index in [1.165, 1.54) is 0 Å². The van der Waals surface area contributed by atoms with E-state index in [2.05, 4.69) is 37.9 Å². The zero-order valence-electron chi connectivity index (χ0n) is 13.6. The summed E-state index contributed by atoms with van der Waals surface area (Å²) in [6.45, 7) is 0. The molecule has 1 aromatic heterocycles. The van der Waals surface area contributed by atoms with Crippen molar-refractivity contribution in [1.29, 1.82) is 0 Å². The Hall–Kier alpha value is -2.36. The van der Waals surface area contributed by atoms with E-state index in [9.17, 15) is 13.2 Å². The third-order valence-corrected chi connectivity index (χ3v) is 4.35. The van der Waals surface area contributed by atoms with Gasteiger partial charge in [0.25, 0.3) is 0 Å². The van der Waals surface area contributed by atoms with Gasteiger partial charge >= 0.3 is 6.18 Å². The van der Waals surface area contributed by atoms with Crippen molar-refractivity contribution in [3.63, 3.8) is 0 Å². The van der Waals surface area contributed by atoms with Gasteiger partial charge < -0.3 is 10.2 Å². The van der Waals surface area contributed by atoms with Crippen LogP contribution in [-0.4, -0.2) is 17.0 Å². The maximum absolute atomic E-state index is 13.3. The number of aromatic nitrogens is 2. The Morgan fingerprint density at radius 2 is 1.65 bits per heavy atom. The highest BCUT2D eigenvalue weighted by Crippen LogP contribution is 2.36. The van der Waals surface area contributed by atoms with E-state index >= 15 is 0 Å². The van der Waals surface area contributed by atoms with Gasteiger partial charge in [-0.15, -0.1) is 0 Å². The topological polar surface area (TPSA) is 41.1 Å². The minimum absolute atomic E-state index is 0.164. The molecular formula is C18H14F3IN4. The zero-order chi connectivity index (χ0) is 18.7. The van der Waals surface area contributed by atoms with Crippen molar-refractivity contribution in [3.8, 4) is 0 Å². The van der Waals surface area contributed by atoms with E-state index in [-0.39, 0.29) is 11.8 Å². The molecule has 0 aliphatic carbocycles. The number of hydrogen-bond acceptors (Lipinski definition) is 4. The lowest BCUT2D eigenvalue weighted by molar-refractivity contribution is -0.137. The third-order valence-electron chi connectivity index (χ3n) is 3.63. The van der Waals surface area contributed by atoms with E-state index in [1.54, 1.807) is 42.3 Å². The highest BCUT2D eigenvalue weighted by atomic mass is 127. The first-order valence-electron chi connectivity index (χ1n) is 7.60. The summed E-state index contributed by atoms with van der Waals surface area (Å²) in [5, 5.41) is 2.74. The highest BCUT2D eigenvalue weighted by molar-refractivity contribution is 14.1. The molecule has 0 aliphatic rings. The molecule has 26 heavy (non-hydrogen) atoms. The summed E-state index contributed by atoms with van der Waals surface area (Å²) in [6, 6.07) is 16.1. The molecule has 0 bridgehead atoms.